The van der Waals surface area contributed by atoms with Crippen molar-refractivity contribution in [3.05, 3.63) is 29.7 Å². The van der Waals surface area contributed by atoms with Crippen LogP contribution in [0.1, 0.15) is 24.1 Å². The predicted molar refractivity (Wildman–Crippen MR) is 99.4 cm³/mol. The minimum Gasteiger partial charge on any atom is -0.353 e. The molecule has 0 bridgehead atoms. The topological polar surface area (TPSA) is 61.3 Å². The second-order valence-corrected chi connectivity index (χ2v) is 6.90. The van der Waals surface area contributed by atoms with Crippen molar-refractivity contribution < 1.29 is 0 Å². The van der Waals surface area contributed by atoms with E-state index in [-0.39, 0.29) is 0 Å². The molecule has 2 saturated heterocycles. The molecule has 25 heavy (non-hydrogen) atoms. The molecule has 2 fully saturated rings. The number of hydrogen-bond acceptors (Lipinski definition) is 7. The van der Waals surface area contributed by atoms with Gasteiger partial charge >= 0.3 is 0 Å². The SMILES string of the molecule is Cc1cnc(N2CCN(c3cc(C)nc(N4CCCC4)n3)CC2)nc1. The Bertz CT molecular complexity index is 717. The lowest BCUT2D eigenvalue weighted by atomic mass is 10.3. The molecule has 2 aliphatic rings. The van der Waals surface area contributed by atoms with Gasteiger partial charge in [-0.05, 0) is 32.3 Å². The third-order valence-corrected chi connectivity index (χ3v) is 4.87. The van der Waals surface area contributed by atoms with E-state index in [1.165, 1.54) is 12.8 Å². The van der Waals surface area contributed by atoms with Crippen LogP contribution in [0.3, 0.4) is 0 Å². The molecule has 4 rings (SSSR count). The summed E-state index contributed by atoms with van der Waals surface area (Å²) < 4.78 is 0. The highest BCUT2D eigenvalue weighted by molar-refractivity contribution is 5.48. The van der Waals surface area contributed by atoms with Crippen molar-refractivity contribution in [2.24, 2.45) is 0 Å². The van der Waals surface area contributed by atoms with Crippen molar-refractivity contribution in [3.63, 3.8) is 0 Å². The van der Waals surface area contributed by atoms with E-state index < -0.39 is 0 Å². The maximum absolute atomic E-state index is 4.84. The highest BCUT2D eigenvalue weighted by Gasteiger charge is 2.22. The van der Waals surface area contributed by atoms with E-state index in [2.05, 4.69) is 42.6 Å². The highest BCUT2D eigenvalue weighted by Crippen LogP contribution is 2.22. The average Bonchev–Trinajstić information content (AvgIpc) is 3.17. The van der Waals surface area contributed by atoms with Gasteiger partial charge in [0.2, 0.25) is 11.9 Å². The van der Waals surface area contributed by atoms with Gasteiger partial charge in [0.05, 0.1) is 0 Å². The first-order chi connectivity index (χ1) is 12.2. The van der Waals surface area contributed by atoms with E-state index in [1.807, 2.05) is 19.3 Å². The van der Waals surface area contributed by atoms with Crippen LogP contribution in [0.25, 0.3) is 0 Å². The smallest absolute Gasteiger partial charge is 0.227 e. The number of rotatable bonds is 3. The first kappa shape index (κ1) is 16.1. The van der Waals surface area contributed by atoms with Crippen LogP contribution in [0.2, 0.25) is 0 Å². The number of aryl methyl sites for hydroxylation is 2. The Hall–Kier alpha value is -2.44. The van der Waals surface area contributed by atoms with Gasteiger partial charge in [0, 0.05) is 63.4 Å². The Kier molecular flexibility index (Phi) is 4.38. The minimum absolute atomic E-state index is 0.821. The van der Waals surface area contributed by atoms with Crippen LogP contribution in [0.15, 0.2) is 18.5 Å². The lowest BCUT2D eigenvalue weighted by Gasteiger charge is -2.35. The zero-order valence-corrected chi connectivity index (χ0v) is 15.0. The van der Waals surface area contributed by atoms with Crippen molar-refractivity contribution in [1.82, 2.24) is 19.9 Å². The van der Waals surface area contributed by atoms with Gasteiger partial charge < -0.3 is 14.7 Å². The maximum Gasteiger partial charge on any atom is 0.227 e. The number of anilines is 3. The Morgan fingerprint density at radius 1 is 0.720 bits per heavy atom. The monoisotopic (exact) mass is 339 g/mol. The molecule has 0 amide bonds. The molecule has 0 spiro atoms. The maximum atomic E-state index is 4.84. The first-order valence-electron chi connectivity index (χ1n) is 9.08. The predicted octanol–water partition coefficient (Wildman–Crippen LogP) is 1.81. The van der Waals surface area contributed by atoms with E-state index in [9.17, 15) is 0 Å². The summed E-state index contributed by atoms with van der Waals surface area (Å²) in [4.78, 5) is 25.3. The van der Waals surface area contributed by atoms with E-state index >= 15 is 0 Å². The first-order valence-corrected chi connectivity index (χ1v) is 9.08. The van der Waals surface area contributed by atoms with Gasteiger partial charge in [0.25, 0.3) is 0 Å². The molecule has 2 aliphatic heterocycles. The summed E-state index contributed by atoms with van der Waals surface area (Å²) >= 11 is 0. The number of piperazine rings is 1. The molecule has 2 aromatic rings. The molecule has 7 heteroatoms. The lowest BCUT2D eigenvalue weighted by molar-refractivity contribution is 0.633. The van der Waals surface area contributed by atoms with Gasteiger partial charge in [0.1, 0.15) is 5.82 Å². The molecule has 0 radical (unpaired) electrons. The van der Waals surface area contributed by atoms with Gasteiger partial charge in [-0.2, -0.15) is 4.98 Å². The molecule has 0 unspecified atom stereocenters. The third-order valence-electron chi connectivity index (χ3n) is 4.87. The lowest BCUT2D eigenvalue weighted by Crippen LogP contribution is -2.47. The largest absolute Gasteiger partial charge is 0.353 e. The third kappa shape index (κ3) is 3.50. The molecule has 4 heterocycles. The fraction of sp³-hybridized carbons (Fsp3) is 0.556. The fourth-order valence-corrected chi connectivity index (χ4v) is 3.44. The Balaban J connectivity index is 1.46. The number of aromatic nitrogens is 4. The molecule has 0 atom stereocenters. The van der Waals surface area contributed by atoms with Gasteiger partial charge in [-0.25, -0.2) is 15.0 Å². The second-order valence-electron chi connectivity index (χ2n) is 6.90. The van der Waals surface area contributed by atoms with Crippen molar-refractivity contribution in [1.29, 1.82) is 0 Å². The Morgan fingerprint density at radius 2 is 1.32 bits per heavy atom. The van der Waals surface area contributed by atoms with Crippen LogP contribution in [0, 0.1) is 13.8 Å². The van der Waals surface area contributed by atoms with E-state index in [1.54, 1.807) is 0 Å². The van der Waals surface area contributed by atoms with Crippen LogP contribution in [0.4, 0.5) is 17.7 Å². The molecule has 0 aromatic carbocycles. The normalized spacial score (nSPS) is 18.1. The molecular weight excluding hydrogens is 314 g/mol. The van der Waals surface area contributed by atoms with Gasteiger partial charge in [0.15, 0.2) is 0 Å². The van der Waals surface area contributed by atoms with Crippen LogP contribution in [-0.4, -0.2) is 59.2 Å². The van der Waals surface area contributed by atoms with E-state index in [0.29, 0.717) is 0 Å². The van der Waals surface area contributed by atoms with Crippen molar-refractivity contribution in [3.8, 4) is 0 Å². The van der Waals surface area contributed by atoms with Gasteiger partial charge in [-0.3, -0.25) is 0 Å². The highest BCUT2D eigenvalue weighted by atomic mass is 15.3. The van der Waals surface area contributed by atoms with Gasteiger partial charge in [-0.15, -0.1) is 0 Å². The quantitative estimate of drug-likeness (QED) is 0.845. The van der Waals surface area contributed by atoms with Crippen LogP contribution >= 0.6 is 0 Å². The number of hydrogen-bond donors (Lipinski definition) is 0. The van der Waals surface area contributed by atoms with Crippen LogP contribution in [-0.2, 0) is 0 Å². The molecule has 132 valence electrons. The zero-order valence-electron chi connectivity index (χ0n) is 15.0. The second kappa shape index (κ2) is 6.82. The van der Waals surface area contributed by atoms with Crippen molar-refractivity contribution >= 4 is 17.7 Å². The molecule has 7 nitrogen and oxygen atoms in total. The van der Waals surface area contributed by atoms with Crippen LogP contribution in [0.5, 0.6) is 0 Å². The molecular formula is C18H25N7. The number of nitrogens with zero attached hydrogens (tertiary/aromatic N) is 7. The minimum atomic E-state index is 0.821. The molecule has 2 aromatic heterocycles. The van der Waals surface area contributed by atoms with E-state index in [0.717, 1.165) is 68.2 Å². The summed E-state index contributed by atoms with van der Waals surface area (Å²) in [5, 5.41) is 0. The summed E-state index contributed by atoms with van der Waals surface area (Å²) in [6.45, 7) is 9.87. The molecule has 0 aliphatic carbocycles. The standard InChI is InChI=1S/C18H25N7/c1-14-12-19-17(20-13-14)25-9-7-23(8-10-25)16-11-15(2)21-18(22-16)24-5-3-4-6-24/h11-13H,3-10H2,1-2H3. The average molecular weight is 339 g/mol. The van der Waals surface area contributed by atoms with Crippen molar-refractivity contribution in [2.45, 2.75) is 26.7 Å². The molecule has 0 saturated carbocycles. The summed E-state index contributed by atoms with van der Waals surface area (Å²) in [5.74, 6) is 2.75. The Morgan fingerprint density at radius 3 is 2.00 bits per heavy atom. The summed E-state index contributed by atoms with van der Waals surface area (Å²) in [6.07, 6.45) is 6.24. The van der Waals surface area contributed by atoms with E-state index in [4.69, 9.17) is 4.98 Å². The summed E-state index contributed by atoms with van der Waals surface area (Å²) in [7, 11) is 0. The van der Waals surface area contributed by atoms with Crippen LogP contribution < -0.4 is 14.7 Å². The van der Waals surface area contributed by atoms with Gasteiger partial charge in [-0.1, -0.05) is 0 Å². The zero-order chi connectivity index (χ0) is 17.2. The fourth-order valence-electron chi connectivity index (χ4n) is 3.44. The Labute approximate surface area is 148 Å². The van der Waals surface area contributed by atoms with Crippen molar-refractivity contribution in [2.75, 3.05) is 54.0 Å². The molecule has 0 N–H and O–H groups in total. The summed E-state index contributed by atoms with van der Waals surface area (Å²) in [6, 6.07) is 2.09. The summed E-state index contributed by atoms with van der Waals surface area (Å²) in [5.41, 5.74) is 2.13.